The van der Waals surface area contributed by atoms with Crippen LogP contribution in [0.1, 0.15) is 32.9 Å². The zero-order valence-corrected chi connectivity index (χ0v) is 15.5. The number of aromatic nitrogens is 2. The van der Waals surface area contributed by atoms with Crippen molar-refractivity contribution in [2.45, 2.75) is 26.4 Å². The van der Waals surface area contributed by atoms with Crippen LogP contribution in [0.5, 0.6) is 0 Å². The van der Waals surface area contributed by atoms with Gasteiger partial charge in [0.1, 0.15) is 0 Å². The summed E-state index contributed by atoms with van der Waals surface area (Å²) in [7, 11) is 0. The second-order valence-corrected chi connectivity index (χ2v) is 6.59. The van der Waals surface area contributed by atoms with Crippen molar-refractivity contribution < 1.29 is 18.0 Å². The molecule has 0 saturated heterocycles. The topological polar surface area (TPSA) is 46.9 Å². The van der Waals surface area contributed by atoms with Crippen molar-refractivity contribution in [1.29, 1.82) is 0 Å². The lowest BCUT2D eigenvalue weighted by molar-refractivity contribution is -0.137. The fourth-order valence-electron chi connectivity index (χ4n) is 2.93. The molecule has 0 unspecified atom stereocenters. The van der Waals surface area contributed by atoms with Crippen LogP contribution < -0.4 is 5.32 Å². The normalized spacial score (nSPS) is 11.5. The van der Waals surface area contributed by atoms with E-state index in [0.717, 1.165) is 34.8 Å². The molecule has 0 bridgehead atoms. The minimum Gasteiger partial charge on any atom is -0.352 e. The van der Waals surface area contributed by atoms with Gasteiger partial charge in [-0.15, -0.1) is 0 Å². The Morgan fingerprint density at radius 3 is 2.21 bits per heavy atom. The van der Waals surface area contributed by atoms with Crippen molar-refractivity contribution in [2.75, 3.05) is 6.54 Å². The molecule has 1 N–H and O–H groups in total. The summed E-state index contributed by atoms with van der Waals surface area (Å²) < 4.78 is 39.5. The maximum Gasteiger partial charge on any atom is 0.416 e. The molecule has 1 heterocycles. The van der Waals surface area contributed by atoms with Gasteiger partial charge in [-0.1, -0.05) is 12.1 Å². The largest absolute Gasteiger partial charge is 0.416 e. The fraction of sp³-hybridized carbons (Fsp3) is 0.238. The Kier molecular flexibility index (Phi) is 5.53. The molecule has 7 heteroatoms. The zero-order valence-electron chi connectivity index (χ0n) is 15.5. The molecule has 0 radical (unpaired) electrons. The second kappa shape index (κ2) is 7.88. The molecule has 146 valence electrons. The average Bonchev–Trinajstić information content (AvgIpc) is 2.99. The van der Waals surface area contributed by atoms with Crippen LogP contribution in [0.25, 0.3) is 5.69 Å². The Morgan fingerprint density at radius 1 is 1.04 bits per heavy atom. The summed E-state index contributed by atoms with van der Waals surface area (Å²) in [6.07, 6.45) is -3.89. The lowest BCUT2D eigenvalue weighted by Crippen LogP contribution is -2.25. The number of carbonyl (C=O) groups is 1. The summed E-state index contributed by atoms with van der Waals surface area (Å²) >= 11 is 0. The molecule has 2 aromatic carbocycles. The Bertz CT molecular complexity index is 958. The highest BCUT2D eigenvalue weighted by Crippen LogP contribution is 2.29. The summed E-state index contributed by atoms with van der Waals surface area (Å²) in [5, 5.41) is 7.19. The summed E-state index contributed by atoms with van der Waals surface area (Å²) in [4.78, 5) is 12.3. The Morgan fingerprint density at radius 2 is 1.68 bits per heavy atom. The molecule has 0 fully saturated rings. The van der Waals surface area contributed by atoms with Crippen molar-refractivity contribution in [3.63, 3.8) is 0 Å². The van der Waals surface area contributed by atoms with Gasteiger partial charge in [-0.25, -0.2) is 4.68 Å². The molecule has 0 aliphatic rings. The number of benzene rings is 2. The van der Waals surface area contributed by atoms with Gasteiger partial charge in [-0.2, -0.15) is 18.3 Å². The van der Waals surface area contributed by atoms with Gasteiger partial charge < -0.3 is 5.32 Å². The lowest BCUT2D eigenvalue weighted by Gasteiger charge is -2.09. The number of hydrogen-bond acceptors (Lipinski definition) is 2. The molecule has 1 amide bonds. The van der Waals surface area contributed by atoms with Crippen LogP contribution in [0.2, 0.25) is 0 Å². The number of nitrogens with zero attached hydrogens (tertiary/aromatic N) is 2. The minimum absolute atomic E-state index is 0.230. The second-order valence-electron chi connectivity index (χ2n) is 6.59. The number of rotatable bonds is 5. The predicted molar refractivity (Wildman–Crippen MR) is 101 cm³/mol. The molecule has 4 nitrogen and oxygen atoms in total. The molecule has 0 spiro atoms. The minimum atomic E-state index is -4.34. The summed E-state index contributed by atoms with van der Waals surface area (Å²) in [5.74, 6) is -0.230. The molecule has 0 saturated carbocycles. The Labute approximate surface area is 161 Å². The van der Waals surface area contributed by atoms with Crippen LogP contribution in [0.3, 0.4) is 0 Å². The number of alkyl halides is 3. The van der Waals surface area contributed by atoms with E-state index in [1.165, 1.54) is 12.1 Å². The molecule has 28 heavy (non-hydrogen) atoms. The first-order valence-electron chi connectivity index (χ1n) is 8.82. The molecule has 0 aliphatic carbocycles. The lowest BCUT2D eigenvalue weighted by atomic mass is 10.1. The summed E-state index contributed by atoms with van der Waals surface area (Å²) in [6, 6.07) is 14.0. The van der Waals surface area contributed by atoms with Gasteiger partial charge in [0.2, 0.25) is 0 Å². The predicted octanol–water partition coefficient (Wildman–Crippen LogP) is 4.48. The van der Waals surface area contributed by atoms with E-state index in [9.17, 15) is 18.0 Å². The molecule has 1 aromatic heterocycles. The first kappa shape index (κ1) is 19.7. The van der Waals surface area contributed by atoms with E-state index in [0.29, 0.717) is 18.5 Å². The molecule has 3 rings (SSSR count). The molecular formula is C21H20F3N3O. The van der Waals surface area contributed by atoms with Crippen LogP contribution in [-0.2, 0) is 12.6 Å². The number of amides is 1. The zero-order chi connectivity index (χ0) is 20.3. The van der Waals surface area contributed by atoms with Gasteiger partial charge in [0.15, 0.2) is 0 Å². The molecule has 3 aromatic rings. The van der Waals surface area contributed by atoms with Crippen molar-refractivity contribution in [3.8, 4) is 5.69 Å². The third kappa shape index (κ3) is 4.60. The quantitative estimate of drug-likeness (QED) is 0.702. The molecular weight excluding hydrogens is 367 g/mol. The van der Waals surface area contributed by atoms with Gasteiger partial charge >= 0.3 is 6.18 Å². The number of aryl methyl sites for hydroxylation is 2. The van der Waals surface area contributed by atoms with Crippen molar-refractivity contribution in [1.82, 2.24) is 15.1 Å². The maximum absolute atomic E-state index is 12.6. The first-order chi connectivity index (χ1) is 13.2. The SMILES string of the molecule is Cc1cc(C)n(-c2ccc(C(=O)NCCc3ccc(C(F)(F)F)cc3)cc2)n1. The van der Waals surface area contributed by atoms with Gasteiger partial charge in [-0.05, 0) is 68.3 Å². The third-order valence-corrected chi connectivity index (χ3v) is 4.36. The smallest absolute Gasteiger partial charge is 0.352 e. The van der Waals surface area contributed by atoms with E-state index < -0.39 is 11.7 Å². The highest BCUT2D eigenvalue weighted by molar-refractivity contribution is 5.94. The fourth-order valence-corrected chi connectivity index (χ4v) is 2.93. The van der Waals surface area contributed by atoms with E-state index >= 15 is 0 Å². The number of halogens is 3. The van der Waals surface area contributed by atoms with Gasteiger partial charge in [0.05, 0.1) is 16.9 Å². The van der Waals surface area contributed by atoms with E-state index in [1.807, 2.05) is 36.7 Å². The van der Waals surface area contributed by atoms with Crippen molar-refractivity contribution in [2.24, 2.45) is 0 Å². The van der Waals surface area contributed by atoms with E-state index in [4.69, 9.17) is 0 Å². The Balaban J connectivity index is 1.56. The summed E-state index contributed by atoms with van der Waals surface area (Å²) in [6.45, 7) is 4.22. The first-order valence-corrected chi connectivity index (χ1v) is 8.82. The Hall–Kier alpha value is -3.09. The van der Waals surface area contributed by atoms with Crippen molar-refractivity contribution >= 4 is 5.91 Å². The van der Waals surface area contributed by atoms with Crippen LogP contribution in [-0.4, -0.2) is 22.2 Å². The highest BCUT2D eigenvalue weighted by atomic mass is 19.4. The van der Waals surface area contributed by atoms with Gasteiger partial charge in [0.25, 0.3) is 5.91 Å². The average molecular weight is 387 g/mol. The molecule has 0 aliphatic heterocycles. The van der Waals surface area contributed by atoms with Crippen molar-refractivity contribution in [3.05, 3.63) is 82.7 Å². The van der Waals surface area contributed by atoms with E-state index in [1.54, 1.807) is 12.1 Å². The standard InChI is InChI=1S/C21H20F3N3O/c1-14-13-15(2)27(26-14)19-9-5-17(6-10-19)20(28)25-12-11-16-3-7-18(8-4-16)21(22,23)24/h3-10,13H,11-12H2,1-2H3,(H,25,28). The van der Waals surface area contributed by atoms with E-state index in [2.05, 4.69) is 10.4 Å². The van der Waals surface area contributed by atoms with Crippen LogP contribution >= 0.6 is 0 Å². The third-order valence-electron chi connectivity index (χ3n) is 4.36. The number of carbonyl (C=O) groups excluding carboxylic acids is 1. The van der Waals surface area contributed by atoms with E-state index in [-0.39, 0.29) is 5.91 Å². The van der Waals surface area contributed by atoms with Crippen LogP contribution in [0.4, 0.5) is 13.2 Å². The van der Waals surface area contributed by atoms with Gasteiger partial charge in [-0.3, -0.25) is 4.79 Å². The summed E-state index contributed by atoms with van der Waals surface area (Å²) in [5.41, 5.74) is 3.36. The van der Waals surface area contributed by atoms with Crippen LogP contribution in [0.15, 0.2) is 54.6 Å². The number of nitrogens with one attached hydrogen (secondary N) is 1. The maximum atomic E-state index is 12.6. The number of hydrogen-bond donors (Lipinski definition) is 1. The van der Waals surface area contributed by atoms with Gasteiger partial charge in [0, 0.05) is 17.8 Å². The molecule has 0 atom stereocenters. The highest BCUT2D eigenvalue weighted by Gasteiger charge is 2.29. The van der Waals surface area contributed by atoms with Crippen LogP contribution in [0, 0.1) is 13.8 Å². The monoisotopic (exact) mass is 387 g/mol.